The minimum absolute atomic E-state index is 0.00874. The molecule has 30 heavy (non-hydrogen) atoms. The van der Waals surface area contributed by atoms with Crippen LogP contribution in [-0.2, 0) is 14.8 Å². The number of aliphatic carboxylic acids is 1. The molecule has 2 aromatic rings. The average molecular weight is 457 g/mol. The fraction of sp³-hybridized carbons (Fsp3) is 0.294. The Hall–Kier alpha value is -3.03. The summed E-state index contributed by atoms with van der Waals surface area (Å²) in [5.41, 5.74) is 5.10. The van der Waals surface area contributed by atoms with E-state index in [1.807, 2.05) is 0 Å². The van der Waals surface area contributed by atoms with Gasteiger partial charge >= 0.3 is 5.97 Å². The number of unbranched alkanes of at least 4 members (excludes halogenated alkanes) is 1. The van der Waals surface area contributed by atoms with Gasteiger partial charge in [-0.3, -0.25) is 19.6 Å². The summed E-state index contributed by atoms with van der Waals surface area (Å²) in [6, 6.07) is 4.48. The molecule has 1 heterocycles. The van der Waals surface area contributed by atoms with E-state index < -0.39 is 32.9 Å². The van der Waals surface area contributed by atoms with Crippen molar-refractivity contribution in [1.82, 2.24) is 5.32 Å². The van der Waals surface area contributed by atoms with Crippen LogP contribution in [0.5, 0.6) is 0 Å². The van der Waals surface area contributed by atoms with Crippen molar-refractivity contribution in [2.24, 2.45) is 5.73 Å². The number of carbonyl (C=O) groups is 2. The molecule has 0 aliphatic heterocycles. The Kier molecular flexibility index (Phi) is 7.86. The Balaban J connectivity index is 2.16. The van der Waals surface area contributed by atoms with Crippen LogP contribution in [0.3, 0.4) is 0 Å². The third-order valence-electron chi connectivity index (χ3n) is 4.02. The van der Waals surface area contributed by atoms with Crippen LogP contribution in [0.15, 0.2) is 40.6 Å². The zero-order chi connectivity index (χ0) is 22.3. The Morgan fingerprint density at radius 2 is 1.87 bits per heavy atom. The molecule has 0 fully saturated rings. The standard InChI is InChI=1S/C17H20N4O7S2/c18-9-2-1-3-14(17(23)24)19-16(22)15-13(8-10-29-15)20-30(27,28)12-6-4-11(5-7-12)21(25)26/h4-8,10,14,20H,1-3,9,18H2,(H,19,22)(H,23,24)/t14-/m0/s1. The first-order valence-corrected chi connectivity index (χ1v) is 11.1. The van der Waals surface area contributed by atoms with E-state index in [2.05, 4.69) is 10.0 Å². The first kappa shape index (κ1) is 23.3. The number of benzene rings is 1. The van der Waals surface area contributed by atoms with Gasteiger partial charge in [-0.2, -0.15) is 0 Å². The fourth-order valence-corrected chi connectivity index (χ4v) is 4.38. The van der Waals surface area contributed by atoms with Gasteiger partial charge in [-0.15, -0.1) is 11.3 Å². The molecule has 0 bridgehead atoms. The first-order chi connectivity index (χ1) is 14.2. The molecule has 0 aliphatic rings. The molecule has 0 radical (unpaired) electrons. The van der Waals surface area contributed by atoms with Crippen molar-refractivity contribution >= 4 is 44.6 Å². The lowest BCUT2D eigenvalue weighted by Crippen LogP contribution is -2.40. The Morgan fingerprint density at radius 1 is 1.20 bits per heavy atom. The lowest BCUT2D eigenvalue weighted by Gasteiger charge is -2.15. The minimum Gasteiger partial charge on any atom is -0.480 e. The van der Waals surface area contributed by atoms with E-state index in [0.717, 1.165) is 35.6 Å². The van der Waals surface area contributed by atoms with Crippen LogP contribution >= 0.6 is 11.3 Å². The number of carbonyl (C=O) groups excluding carboxylic acids is 1. The van der Waals surface area contributed by atoms with Crippen LogP contribution in [0.25, 0.3) is 0 Å². The highest BCUT2D eigenvalue weighted by Gasteiger charge is 2.25. The Labute approximate surface area is 176 Å². The number of hydrogen-bond donors (Lipinski definition) is 4. The lowest BCUT2D eigenvalue weighted by atomic mass is 10.1. The third-order valence-corrected chi connectivity index (χ3v) is 6.32. The Bertz CT molecular complexity index is 1020. The van der Waals surface area contributed by atoms with E-state index in [9.17, 15) is 33.2 Å². The molecule has 11 nitrogen and oxygen atoms in total. The summed E-state index contributed by atoms with van der Waals surface area (Å²) in [6.07, 6.45) is 1.31. The van der Waals surface area contributed by atoms with Crippen LogP contribution in [0.4, 0.5) is 11.4 Å². The number of thiophene rings is 1. The molecule has 13 heteroatoms. The number of carboxylic acid groups (broad SMARTS) is 1. The van der Waals surface area contributed by atoms with E-state index in [0.29, 0.717) is 19.4 Å². The second-order valence-corrected chi connectivity index (χ2v) is 8.77. The van der Waals surface area contributed by atoms with Gasteiger partial charge in [0.1, 0.15) is 10.9 Å². The van der Waals surface area contributed by atoms with Crippen LogP contribution in [0, 0.1) is 10.1 Å². The molecular formula is C17H20N4O7S2. The molecule has 1 amide bonds. The number of amides is 1. The summed E-state index contributed by atoms with van der Waals surface area (Å²) in [7, 11) is -4.12. The molecule has 0 spiro atoms. The molecular weight excluding hydrogens is 436 g/mol. The second kappa shape index (κ2) is 10.1. The molecule has 162 valence electrons. The van der Waals surface area contributed by atoms with Gasteiger partial charge in [0.05, 0.1) is 15.5 Å². The summed E-state index contributed by atoms with van der Waals surface area (Å²) >= 11 is 0.941. The maximum atomic E-state index is 12.5. The van der Waals surface area contributed by atoms with Crippen LogP contribution in [0.2, 0.25) is 0 Å². The average Bonchev–Trinajstić information content (AvgIpc) is 3.14. The van der Waals surface area contributed by atoms with Crippen molar-refractivity contribution in [3.8, 4) is 0 Å². The van der Waals surface area contributed by atoms with Crippen molar-refractivity contribution in [3.05, 3.63) is 50.7 Å². The number of carboxylic acids is 1. The van der Waals surface area contributed by atoms with E-state index in [-0.39, 0.29) is 27.6 Å². The summed E-state index contributed by atoms with van der Waals surface area (Å²) in [5, 5.41) is 23.9. The van der Waals surface area contributed by atoms with Crippen LogP contribution < -0.4 is 15.8 Å². The highest BCUT2D eigenvalue weighted by atomic mass is 32.2. The number of nitrogens with zero attached hydrogens (tertiary/aromatic N) is 1. The van der Waals surface area contributed by atoms with Gasteiger partial charge < -0.3 is 16.2 Å². The predicted octanol–water partition coefficient (Wildman–Crippen LogP) is 1.77. The monoisotopic (exact) mass is 456 g/mol. The van der Waals surface area contributed by atoms with E-state index >= 15 is 0 Å². The quantitative estimate of drug-likeness (QED) is 0.224. The molecule has 1 aromatic heterocycles. The number of hydrogen-bond acceptors (Lipinski definition) is 8. The number of anilines is 1. The number of nitrogens with one attached hydrogen (secondary N) is 2. The molecule has 0 unspecified atom stereocenters. The minimum atomic E-state index is -4.12. The summed E-state index contributed by atoms with van der Waals surface area (Å²) in [6.45, 7) is 0.403. The summed E-state index contributed by atoms with van der Waals surface area (Å²) < 4.78 is 27.3. The van der Waals surface area contributed by atoms with Gasteiger partial charge in [-0.25, -0.2) is 13.2 Å². The van der Waals surface area contributed by atoms with E-state index in [1.165, 1.54) is 11.4 Å². The SMILES string of the molecule is NCCCC[C@H](NC(=O)c1sccc1NS(=O)(=O)c1ccc([N+](=O)[O-])cc1)C(=O)O. The Morgan fingerprint density at radius 3 is 2.43 bits per heavy atom. The number of nitro benzene ring substituents is 1. The number of non-ortho nitro benzene ring substituents is 1. The van der Waals surface area contributed by atoms with Gasteiger partial charge in [-0.05, 0) is 49.4 Å². The van der Waals surface area contributed by atoms with E-state index in [1.54, 1.807) is 0 Å². The van der Waals surface area contributed by atoms with Gasteiger partial charge in [0.2, 0.25) is 0 Å². The van der Waals surface area contributed by atoms with E-state index in [4.69, 9.17) is 5.73 Å². The first-order valence-electron chi connectivity index (χ1n) is 8.74. The largest absolute Gasteiger partial charge is 0.480 e. The van der Waals surface area contributed by atoms with Crippen molar-refractivity contribution in [2.75, 3.05) is 11.3 Å². The van der Waals surface area contributed by atoms with Crippen molar-refractivity contribution in [3.63, 3.8) is 0 Å². The van der Waals surface area contributed by atoms with Gasteiger partial charge in [0.25, 0.3) is 21.6 Å². The second-order valence-electron chi connectivity index (χ2n) is 6.17. The lowest BCUT2D eigenvalue weighted by molar-refractivity contribution is -0.384. The summed E-state index contributed by atoms with van der Waals surface area (Å²) in [4.78, 5) is 33.7. The summed E-state index contributed by atoms with van der Waals surface area (Å²) in [5.74, 6) is -1.93. The zero-order valence-electron chi connectivity index (χ0n) is 15.6. The van der Waals surface area contributed by atoms with Crippen molar-refractivity contribution in [1.29, 1.82) is 0 Å². The van der Waals surface area contributed by atoms with Crippen LogP contribution in [-0.4, -0.2) is 42.9 Å². The smallest absolute Gasteiger partial charge is 0.326 e. The number of nitro groups is 1. The maximum Gasteiger partial charge on any atom is 0.326 e. The number of rotatable bonds is 11. The zero-order valence-corrected chi connectivity index (χ0v) is 17.2. The normalized spacial score (nSPS) is 12.2. The topological polar surface area (TPSA) is 182 Å². The fourth-order valence-electron chi connectivity index (χ4n) is 2.49. The molecule has 1 atom stereocenters. The molecule has 0 aliphatic carbocycles. The molecule has 0 saturated heterocycles. The van der Waals surface area contributed by atoms with Crippen LogP contribution in [0.1, 0.15) is 28.9 Å². The highest BCUT2D eigenvalue weighted by molar-refractivity contribution is 7.92. The predicted molar refractivity (Wildman–Crippen MR) is 110 cm³/mol. The van der Waals surface area contributed by atoms with Gasteiger partial charge in [-0.1, -0.05) is 0 Å². The number of sulfonamides is 1. The van der Waals surface area contributed by atoms with Gasteiger partial charge in [0, 0.05) is 12.1 Å². The molecule has 1 aromatic carbocycles. The maximum absolute atomic E-state index is 12.5. The molecule has 2 rings (SSSR count). The third kappa shape index (κ3) is 5.98. The van der Waals surface area contributed by atoms with Crippen molar-refractivity contribution in [2.45, 2.75) is 30.2 Å². The van der Waals surface area contributed by atoms with Gasteiger partial charge in [0.15, 0.2) is 0 Å². The molecule has 0 saturated carbocycles. The molecule has 5 N–H and O–H groups in total. The van der Waals surface area contributed by atoms with Crippen molar-refractivity contribution < 1.29 is 28.0 Å². The highest BCUT2D eigenvalue weighted by Crippen LogP contribution is 2.26. The number of nitrogens with two attached hydrogens (primary N) is 1.